The van der Waals surface area contributed by atoms with E-state index in [9.17, 15) is 8.78 Å². The molecule has 0 aliphatic rings. The first-order chi connectivity index (χ1) is 6.61. The summed E-state index contributed by atoms with van der Waals surface area (Å²) in [5.41, 5.74) is 2.47. The van der Waals surface area contributed by atoms with E-state index in [2.05, 4.69) is 12.3 Å². The highest BCUT2D eigenvalue weighted by atomic mass is 19.1. The molecular formula is C11H10F2O. The van der Waals surface area contributed by atoms with Gasteiger partial charge in [0, 0.05) is 0 Å². The predicted molar refractivity (Wildman–Crippen MR) is 50.7 cm³/mol. The molecule has 1 rings (SSSR count). The number of hydrogen-bond donors (Lipinski definition) is 0. The molecule has 0 aliphatic carbocycles. The lowest BCUT2D eigenvalue weighted by Crippen LogP contribution is -1.98. The predicted octanol–water partition coefficient (Wildman–Crippen LogP) is 3.05. The number of halogens is 2. The molecule has 0 fully saturated rings. The molecule has 74 valence electrons. The minimum absolute atomic E-state index is 0.0244. The summed E-state index contributed by atoms with van der Waals surface area (Å²) in [5.74, 6) is -1.34. The molecule has 0 saturated heterocycles. The maximum Gasteiger partial charge on any atom is 0.174 e. The van der Waals surface area contributed by atoms with Gasteiger partial charge >= 0.3 is 0 Å². The summed E-state index contributed by atoms with van der Waals surface area (Å²) >= 11 is 0. The van der Waals surface area contributed by atoms with E-state index in [1.165, 1.54) is 19.2 Å². The first-order valence-corrected chi connectivity index (χ1v) is 4.00. The van der Waals surface area contributed by atoms with E-state index in [0.29, 0.717) is 5.56 Å². The summed E-state index contributed by atoms with van der Waals surface area (Å²) in [7, 11) is 1.31. The summed E-state index contributed by atoms with van der Waals surface area (Å²) in [4.78, 5) is 0. The Morgan fingerprint density at radius 2 is 2.07 bits per heavy atom. The summed E-state index contributed by atoms with van der Waals surface area (Å²) in [5, 5.41) is 0. The number of benzene rings is 1. The molecule has 1 aromatic rings. The van der Waals surface area contributed by atoms with E-state index < -0.39 is 11.6 Å². The van der Waals surface area contributed by atoms with Crippen LogP contribution < -0.4 is 0 Å². The molecule has 0 heterocycles. The number of aryl methyl sites for hydroxylation is 1. The van der Waals surface area contributed by atoms with Crippen molar-refractivity contribution in [2.45, 2.75) is 6.92 Å². The van der Waals surface area contributed by atoms with Crippen molar-refractivity contribution in [3.8, 4) is 0 Å². The highest BCUT2D eigenvalue weighted by Crippen LogP contribution is 2.23. The van der Waals surface area contributed by atoms with Crippen LogP contribution in [0.15, 0.2) is 24.4 Å². The van der Waals surface area contributed by atoms with Crippen molar-refractivity contribution in [3.05, 3.63) is 47.2 Å². The maximum atomic E-state index is 13.5. The molecular weight excluding hydrogens is 186 g/mol. The minimum Gasteiger partial charge on any atom is -0.488 e. The number of ether oxygens (including phenoxy) is 1. The van der Waals surface area contributed by atoms with Gasteiger partial charge in [0.15, 0.2) is 5.76 Å². The Hall–Kier alpha value is -1.60. The van der Waals surface area contributed by atoms with Crippen LogP contribution in [-0.2, 0) is 4.74 Å². The van der Waals surface area contributed by atoms with Crippen molar-refractivity contribution < 1.29 is 13.5 Å². The van der Waals surface area contributed by atoms with Gasteiger partial charge in [-0.25, -0.2) is 8.78 Å². The van der Waals surface area contributed by atoms with Gasteiger partial charge in [0.05, 0.1) is 12.7 Å². The SMILES string of the molecule is C=C=C(OC)c1c(F)ccc(C)c1F. The summed E-state index contributed by atoms with van der Waals surface area (Å²) in [6.07, 6.45) is 0. The molecule has 14 heavy (non-hydrogen) atoms. The van der Waals surface area contributed by atoms with E-state index in [4.69, 9.17) is 4.74 Å². The largest absolute Gasteiger partial charge is 0.488 e. The molecule has 1 aromatic carbocycles. The zero-order valence-electron chi connectivity index (χ0n) is 8.03. The van der Waals surface area contributed by atoms with Crippen LogP contribution in [0.3, 0.4) is 0 Å². The van der Waals surface area contributed by atoms with Gasteiger partial charge in [0.25, 0.3) is 0 Å². The number of rotatable bonds is 2. The van der Waals surface area contributed by atoms with Crippen molar-refractivity contribution in [2.75, 3.05) is 7.11 Å². The van der Waals surface area contributed by atoms with Crippen LogP contribution in [0, 0.1) is 18.6 Å². The van der Waals surface area contributed by atoms with E-state index in [0.717, 1.165) is 0 Å². The van der Waals surface area contributed by atoms with Gasteiger partial charge in [-0.15, -0.1) is 0 Å². The molecule has 0 aromatic heterocycles. The molecule has 0 amide bonds. The van der Waals surface area contributed by atoms with Crippen LogP contribution in [0.5, 0.6) is 0 Å². The third-order valence-corrected chi connectivity index (χ3v) is 1.88. The van der Waals surface area contributed by atoms with Crippen molar-refractivity contribution >= 4 is 5.76 Å². The normalized spacial score (nSPS) is 9.43. The Kier molecular flexibility index (Phi) is 3.05. The Morgan fingerprint density at radius 3 is 2.57 bits per heavy atom. The number of methoxy groups -OCH3 is 1. The third-order valence-electron chi connectivity index (χ3n) is 1.88. The summed E-state index contributed by atoms with van der Waals surface area (Å²) in [6.45, 7) is 4.85. The zero-order valence-corrected chi connectivity index (χ0v) is 8.03. The summed E-state index contributed by atoms with van der Waals surface area (Å²) in [6, 6.07) is 2.55. The van der Waals surface area contributed by atoms with Gasteiger partial charge in [-0.1, -0.05) is 18.4 Å². The average Bonchev–Trinajstić information content (AvgIpc) is 2.19. The van der Waals surface area contributed by atoms with Gasteiger partial charge in [0.2, 0.25) is 0 Å². The van der Waals surface area contributed by atoms with Crippen LogP contribution in [0.2, 0.25) is 0 Å². The number of hydrogen-bond acceptors (Lipinski definition) is 1. The lowest BCUT2D eigenvalue weighted by atomic mass is 10.1. The zero-order chi connectivity index (χ0) is 10.7. The maximum absolute atomic E-state index is 13.5. The summed E-state index contributed by atoms with van der Waals surface area (Å²) < 4.78 is 31.5. The van der Waals surface area contributed by atoms with Gasteiger partial charge in [-0.05, 0) is 18.6 Å². The van der Waals surface area contributed by atoms with Crippen LogP contribution >= 0.6 is 0 Å². The van der Waals surface area contributed by atoms with Gasteiger partial charge in [-0.2, -0.15) is 0 Å². The van der Waals surface area contributed by atoms with E-state index >= 15 is 0 Å². The molecule has 0 radical (unpaired) electrons. The van der Waals surface area contributed by atoms with Gasteiger partial charge in [-0.3, -0.25) is 0 Å². The fourth-order valence-electron chi connectivity index (χ4n) is 1.13. The first-order valence-electron chi connectivity index (χ1n) is 4.00. The van der Waals surface area contributed by atoms with Crippen molar-refractivity contribution in [1.29, 1.82) is 0 Å². The average molecular weight is 196 g/mol. The topological polar surface area (TPSA) is 9.23 Å². The molecule has 0 bridgehead atoms. The highest BCUT2D eigenvalue weighted by molar-refractivity contribution is 5.60. The Balaban J connectivity index is 3.47. The molecule has 3 heteroatoms. The lowest BCUT2D eigenvalue weighted by molar-refractivity contribution is 0.364. The molecule has 1 nitrogen and oxygen atoms in total. The van der Waals surface area contributed by atoms with Crippen LogP contribution in [-0.4, -0.2) is 7.11 Å². The van der Waals surface area contributed by atoms with E-state index in [-0.39, 0.29) is 11.3 Å². The smallest absolute Gasteiger partial charge is 0.174 e. The van der Waals surface area contributed by atoms with E-state index in [1.54, 1.807) is 6.92 Å². The molecule has 0 atom stereocenters. The Morgan fingerprint density at radius 1 is 1.43 bits per heavy atom. The fourth-order valence-corrected chi connectivity index (χ4v) is 1.13. The van der Waals surface area contributed by atoms with Crippen LogP contribution in [0.25, 0.3) is 5.76 Å². The highest BCUT2D eigenvalue weighted by Gasteiger charge is 2.15. The second-order valence-electron chi connectivity index (χ2n) is 2.76. The minimum atomic E-state index is -0.680. The molecule has 0 saturated carbocycles. The standard InChI is InChI=1S/C11H10F2O/c1-4-9(14-3)10-8(12)6-5-7(2)11(10)13/h5-6H,1H2,2-3H3. The third kappa shape index (κ3) is 1.68. The van der Waals surface area contributed by atoms with Gasteiger partial charge < -0.3 is 4.74 Å². The molecule has 0 N–H and O–H groups in total. The van der Waals surface area contributed by atoms with Crippen LogP contribution in [0.1, 0.15) is 11.1 Å². The molecule has 0 spiro atoms. The second kappa shape index (κ2) is 4.07. The van der Waals surface area contributed by atoms with Crippen molar-refractivity contribution in [1.82, 2.24) is 0 Å². The second-order valence-corrected chi connectivity index (χ2v) is 2.76. The first kappa shape index (κ1) is 10.5. The van der Waals surface area contributed by atoms with Crippen LogP contribution in [0.4, 0.5) is 8.78 Å². The Bertz CT molecular complexity index is 404. The lowest BCUT2D eigenvalue weighted by Gasteiger charge is -2.07. The van der Waals surface area contributed by atoms with Crippen molar-refractivity contribution in [3.63, 3.8) is 0 Å². The quantitative estimate of drug-likeness (QED) is 0.521. The van der Waals surface area contributed by atoms with E-state index in [1.807, 2.05) is 0 Å². The monoisotopic (exact) mass is 196 g/mol. The Labute approximate surface area is 81.3 Å². The van der Waals surface area contributed by atoms with Gasteiger partial charge in [0.1, 0.15) is 11.6 Å². The molecule has 0 unspecified atom stereocenters. The van der Waals surface area contributed by atoms with Crippen molar-refractivity contribution in [2.24, 2.45) is 0 Å². The molecule has 0 aliphatic heterocycles. The fraction of sp³-hybridized carbons (Fsp3) is 0.182.